The van der Waals surface area contributed by atoms with Crippen LogP contribution in [0.4, 0.5) is 0 Å². The second-order valence-corrected chi connectivity index (χ2v) is 5.10. The second kappa shape index (κ2) is 5.43. The number of rotatable bonds is 5. The highest BCUT2D eigenvalue weighted by atomic mass is 35.5. The van der Waals surface area contributed by atoms with E-state index in [1.807, 2.05) is 16.8 Å². The average Bonchev–Trinajstić information content (AvgIpc) is 2.87. The molecule has 0 aliphatic rings. The highest BCUT2D eigenvalue weighted by Gasteiger charge is 2.02. The maximum atomic E-state index is 5.85. The SMILES string of the molecule is CCn1ncnc1CNCc1ccc(Cl)s1. The van der Waals surface area contributed by atoms with Crippen LogP contribution in [-0.2, 0) is 19.6 Å². The lowest BCUT2D eigenvalue weighted by molar-refractivity contribution is 0.574. The van der Waals surface area contributed by atoms with Gasteiger partial charge in [-0.1, -0.05) is 11.6 Å². The molecule has 0 saturated carbocycles. The molecule has 0 aliphatic heterocycles. The summed E-state index contributed by atoms with van der Waals surface area (Å²) in [6.45, 7) is 4.44. The Hall–Kier alpha value is -0.910. The molecule has 0 atom stereocenters. The zero-order chi connectivity index (χ0) is 11.4. The van der Waals surface area contributed by atoms with Gasteiger partial charge in [-0.05, 0) is 19.1 Å². The van der Waals surface area contributed by atoms with Gasteiger partial charge in [0.15, 0.2) is 0 Å². The number of nitrogens with one attached hydrogen (secondary N) is 1. The molecule has 2 heterocycles. The fourth-order valence-electron chi connectivity index (χ4n) is 1.43. The van der Waals surface area contributed by atoms with Crippen molar-refractivity contribution < 1.29 is 0 Å². The van der Waals surface area contributed by atoms with E-state index in [0.717, 1.165) is 29.8 Å². The number of halogens is 1. The number of aromatic nitrogens is 3. The predicted octanol–water partition coefficient (Wildman–Crippen LogP) is 2.30. The topological polar surface area (TPSA) is 42.7 Å². The minimum Gasteiger partial charge on any atom is -0.305 e. The van der Waals surface area contributed by atoms with E-state index in [1.165, 1.54) is 4.88 Å². The summed E-state index contributed by atoms with van der Waals surface area (Å²) < 4.78 is 2.71. The summed E-state index contributed by atoms with van der Waals surface area (Å²) in [4.78, 5) is 5.42. The van der Waals surface area contributed by atoms with Gasteiger partial charge >= 0.3 is 0 Å². The van der Waals surface area contributed by atoms with Gasteiger partial charge in [0, 0.05) is 18.0 Å². The van der Waals surface area contributed by atoms with Crippen LogP contribution in [0.3, 0.4) is 0 Å². The van der Waals surface area contributed by atoms with Crippen LogP contribution in [0, 0.1) is 0 Å². The summed E-state index contributed by atoms with van der Waals surface area (Å²) in [5.41, 5.74) is 0. The van der Waals surface area contributed by atoms with Crippen molar-refractivity contribution in [1.82, 2.24) is 20.1 Å². The first-order valence-corrected chi connectivity index (χ1v) is 6.30. The lowest BCUT2D eigenvalue weighted by Gasteiger charge is -2.03. The van der Waals surface area contributed by atoms with Crippen molar-refractivity contribution >= 4 is 22.9 Å². The van der Waals surface area contributed by atoms with Gasteiger partial charge in [-0.25, -0.2) is 9.67 Å². The number of aryl methyl sites for hydroxylation is 1. The van der Waals surface area contributed by atoms with Crippen molar-refractivity contribution in [3.63, 3.8) is 0 Å². The standard InChI is InChI=1S/C10H13ClN4S/c1-2-15-10(13-7-14-15)6-12-5-8-3-4-9(11)16-8/h3-4,7,12H,2,5-6H2,1H3. The first kappa shape index (κ1) is 11.6. The lowest BCUT2D eigenvalue weighted by Crippen LogP contribution is -2.16. The molecule has 0 spiro atoms. The molecular formula is C10H13ClN4S. The molecule has 0 aromatic carbocycles. The highest BCUT2D eigenvalue weighted by Crippen LogP contribution is 2.20. The zero-order valence-electron chi connectivity index (χ0n) is 8.98. The van der Waals surface area contributed by atoms with Crippen molar-refractivity contribution in [1.29, 1.82) is 0 Å². The summed E-state index contributed by atoms with van der Waals surface area (Å²) in [5.74, 6) is 0.963. The predicted molar refractivity (Wildman–Crippen MR) is 65.6 cm³/mol. The van der Waals surface area contributed by atoms with Crippen molar-refractivity contribution in [2.45, 2.75) is 26.6 Å². The summed E-state index contributed by atoms with van der Waals surface area (Å²) in [6.07, 6.45) is 1.59. The molecule has 0 radical (unpaired) electrons. The Morgan fingerprint density at radius 2 is 2.31 bits per heavy atom. The molecule has 6 heteroatoms. The van der Waals surface area contributed by atoms with Crippen LogP contribution in [0.1, 0.15) is 17.6 Å². The molecule has 2 rings (SSSR count). The molecule has 0 aliphatic carbocycles. The van der Waals surface area contributed by atoms with Crippen LogP contribution in [0.2, 0.25) is 4.34 Å². The van der Waals surface area contributed by atoms with Gasteiger partial charge in [-0.15, -0.1) is 11.3 Å². The van der Waals surface area contributed by atoms with Crippen LogP contribution >= 0.6 is 22.9 Å². The van der Waals surface area contributed by atoms with Crippen molar-refractivity contribution in [2.75, 3.05) is 0 Å². The Balaban J connectivity index is 1.84. The average molecular weight is 257 g/mol. The zero-order valence-corrected chi connectivity index (χ0v) is 10.6. The van der Waals surface area contributed by atoms with Gasteiger partial charge in [0.25, 0.3) is 0 Å². The van der Waals surface area contributed by atoms with Gasteiger partial charge in [0.2, 0.25) is 0 Å². The molecule has 1 N–H and O–H groups in total. The molecule has 0 amide bonds. The fourth-order valence-corrected chi connectivity index (χ4v) is 2.49. The maximum absolute atomic E-state index is 5.85. The Morgan fingerprint density at radius 3 is 3.00 bits per heavy atom. The third-order valence-electron chi connectivity index (χ3n) is 2.21. The molecule has 0 saturated heterocycles. The number of hydrogen-bond acceptors (Lipinski definition) is 4. The summed E-state index contributed by atoms with van der Waals surface area (Å²) in [6, 6.07) is 3.95. The van der Waals surface area contributed by atoms with E-state index >= 15 is 0 Å². The molecule has 4 nitrogen and oxygen atoms in total. The molecule has 0 bridgehead atoms. The quantitative estimate of drug-likeness (QED) is 0.893. The number of thiophene rings is 1. The van der Waals surface area contributed by atoms with E-state index in [1.54, 1.807) is 17.7 Å². The Bertz CT molecular complexity index is 451. The molecule has 86 valence electrons. The summed E-state index contributed by atoms with van der Waals surface area (Å²) in [7, 11) is 0. The summed E-state index contributed by atoms with van der Waals surface area (Å²) in [5, 5.41) is 7.43. The van der Waals surface area contributed by atoms with Crippen molar-refractivity contribution in [3.8, 4) is 0 Å². The molecular weight excluding hydrogens is 244 g/mol. The van der Waals surface area contributed by atoms with E-state index in [0.29, 0.717) is 0 Å². The minimum atomic E-state index is 0.726. The van der Waals surface area contributed by atoms with Gasteiger partial charge in [0.1, 0.15) is 12.2 Å². The highest BCUT2D eigenvalue weighted by molar-refractivity contribution is 7.16. The maximum Gasteiger partial charge on any atom is 0.140 e. The summed E-state index contributed by atoms with van der Waals surface area (Å²) >= 11 is 7.45. The molecule has 16 heavy (non-hydrogen) atoms. The monoisotopic (exact) mass is 256 g/mol. The number of hydrogen-bond donors (Lipinski definition) is 1. The molecule has 0 fully saturated rings. The second-order valence-electron chi connectivity index (χ2n) is 3.30. The van der Waals surface area contributed by atoms with E-state index in [2.05, 4.69) is 22.3 Å². The molecule has 0 unspecified atom stereocenters. The van der Waals surface area contributed by atoms with Gasteiger partial charge in [-0.2, -0.15) is 5.10 Å². The molecule has 2 aromatic rings. The van der Waals surface area contributed by atoms with E-state index in [4.69, 9.17) is 11.6 Å². The largest absolute Gasteiger partial charge is 0.305 e. The Kier molecular flexibility index (Phi) is 3.93. The van der Waals surface area contributed by atoms with Gasteiger partial charge in [-0.3, -0.25) is 0 Å². The van der Waals surface area contributed by atoms with Crippen LogP contribution < -0.4 is 5.32 Å². The minimum absolute atomic E-state index is 0.726. The van der Waals surface area contributed by atoms with Crippen molar-refractivity contribution in [2.24, 2.45) is 0 Å². The Morgan fingerprint density at radius 1 is 1.44 bits per heavy atom. The van der Waals surface area contributed by atoms with Crippen molar-refractivity contribution in [3.05, 3.63) is 33.5 Å². The first-order valence-electron chi connectivity index (χ1n) is 5.11. The number of nitrogens with zero attached hydrogens (tertiary/aromatic N) is 3. The lowest BCUT2D eigenvalue weighted by atomic mass is 10.4. The van der Waals surface area contributed by atoms with Crippen LogP contribution in [0.25, 0.3) is 0 Å². The van der Waals surface area contributed by atoms with E-state index < -0.39 is 0 Å². The third-order valence-corrected chi connectivity index (χ3v) is 3.44. The van der Waals surface area contributed by atoms with E-state index in [9.17, 15) is 0 Å². The normalized spacial score (nSPS) is 10.9. The van der Waals surface area contributed by atoms with Gasteiger partial charge in [0.05, 0.1) is 10.9 Å². The first-order chi connectivity index (χ1) is 7.79. The smallest absolute Gasteiger partial charge is 0.140 e. The van der Waals surface area contributed by atoms with Crippen LogP contribution in [0.5, 0.6) is 0 Å². The fraction of sp³-hybridized carbons (Fsp3) is 0.400. The molecule has 2 aromatic heterocycles. The van der Waals surface area contributed by atoms with Gasteiger partial charge < -0.3 is 5.32 Å². The third kappa shape index (κ3) is 2.81. The van der Waals surface area contributed by atoms with E-state index in [-0.39, 0.29) is 0 Å². The van der Waals surface area contributed by atoms with Crippen LogP contribution in [-0.4, -0.2) is 14.8 Å². The van der Waals surface area contributed by atoms with Crippen LogP contribution in [0.15, 0.2) is 18.5 Å². The Labute approximate surface area is 103 Å².